The summed E-state index contributed by atoms with van der Waals surface area (Å²) >= 11 is 5.26. The van der Waals surface area contributed by atoms with E-state index in [-0.39, 0.29) is 5.69 Å². The second-order valence-electron chi connectivity index (χ2n) is 2.81. The van der Waals surface area contributed by atoms with Crippen molar-refractivity contribution in [1.29, 1.82) is 0 Å². The van der Waals surface area contributed by atoms with E-state index in [4.69, 9.17) is 11.6 Å². The van der Waals surface area contributed by atoms with Crippen LogP contribution in [0.15, 0.2) is 6.20 Å². The number of halogens is 6. The maximum atomic E-state index is 12.5. The van der Waals surface area contributed by atoms with Gasteiger partial charge in [0.2, 0.25) is 0 Å². The molecule has 0 spiro atoms. The van der Waals surface area contributed by atoms with Crippen LogP contribution in [0.25, 0.3) is 0 Å². The average molecular weight is 278 g/mol. The lowest BCUT2D eigenvalue weighted by Crippen LogP contribution is -2.18. The van der Waals surface area contributed by atoms with Crippen LogP contribution >= 0.6 is 11.6 Å². The van der Waals surface area contributed by atoms with Crippen molar-refractivity contribution in [1.82, 2.24) is 4.98 Å². The molecule has 0 aliphatic rings. The molecular formula is C8H5ClF5NO2. The van der Waals surface area contributed by atoms with Crippen molar-refractivity contribution < 1.29 is 31.8 Å². The van der Waals surface area contributed by atoms with E-state index in [0.29, 0.717) is 6.20 Å². The monoisotopic (exact) mass is 277 g/mol. The number of aromatic nitrogens is 1. The smallest absolute Gasteiger partial charge is 0.505 e. The van der Waals surface area contributed by atoms with Crippen molar-refractivity contribution in [2.45, 2.75) is 18.7 Å². The molecule has 1 heterocycles. The van der Waals surface area contributed by atoms with Crippen molar-refractivity contribution in [2.24, 2.45) is 0 Å². The molecule has 3 nitrogen and oxygen atoms in total. The summed E-state index contributed by atoms with van der Waals surface area (Å²) in [5, 5.41) is 9.26. The molecule has 0 saturated heterocycles. The zero-order valence-electron chi connectivity index (χ0n) is 7.93. The predicted molar refractivity (Wildman–Crippen MR) is 47.1 cm³/mol. The fourth-order valence-corrected chi connectivity index (χ4v) is 1.25. The summed E-state index contributed by atoms with van der Waals surface area (Å²) in [6.07, 6.45) is -8.07. The largest absolute Gasteiger partial charge is 0.573 e. The molecule has 0 radical (unpaired) electrons. The van der Waals surface area contributed by atoms with E-state index in [1.807, 2.05) is 0 Å². The summed E-state index contributed by atoms with van der Waals surface area (Å²) in [6.45, 7) is 0. The molecule has 1 rings (SSSR count). The number of aromatic hydroxyl groups is 1. The molecule has 0 unspecified atom stereocenters. The van der Waals surface area contributed by atoms with Gasteiger partial charge in [0.25, 0.3) is 6.43 Å². The summed E-state index contributed by atoms with van der Waals surface area (Å²) in [7, 11) is 0. The Morgan fingerprint density at radius 2 is 2.00 bits per heavy atom. The van der Waals surface area contributed by atoms with Crippen LogP contribution in [0.2, 0.25) is 0 Å². The molecule has 96 valence electrons. The van der Waals surface area contributed by atoms with Gasteiger partial charge in [-0.05, 0) is 0 Å². The van der Waals surface area contributed by atoms with Crippen LogP contribution in [-0.4, -0.2) is 16.5 Å². The fraction of sp³-hybridized carbons (Fsp3) is 0.375. The molecule has 0 aliphatic heterocycles. The first-order chi connectivity index (χ1) is 7.76. The standard InChI is InChI=1S/C8H5ClF5NO2/c9-1-3-6(16)5(7(10)11)4(2-15-3)17-8(12,13)14/h2,7,16H,1H2. The Labute approximate surface area is 96.8 Å². The van der Waals surface area contributed by atoms with Gasteiger partial charge in [-0.15, -0.1) is 24.8 Å². The van der Waals surface area contributed by atoms with Crippen molar-refractivity contribution in [2.75, 3.05) is 0 Å². The van der Waals surface area contributed by atoms with Crippen LogP contribution < -0.4 is 4.74 Å². The quantitative estimate of drug-likeness (QED) is 0.680. The molecule has 0 aliphatic carbocycles. The van der Waals surface area contributed by atoms with Crippen LogP contribution in [0.5, 0.6) is 11.5 Å². The SMILES string of the molecule is Oc1c(CCl)ncc(OC(F)(F)F)c1C(F)F. The third-order valence-corrected chi connectivity index (χ3v) is 1.96. The van der Waals surface area contributed by atoms with Gasteiger partial charge in [0.1, 0.15) is 5.56 Å². The highest BCUT2D eigenvalue weighted by molar-refractivity contribution is 6.17. The molecule has 0 amide bonds. The number of hydrogen-bond donors (Lipinski definition) is 1. The lowest BCUT2D eigenvalue weighted by molar-refractivity contribution is -0.275. The second-order valence-corrected chi connectivity index (χ2v) is 3.08. The van der Waals surface area contributed by atoms with Gasteiger partial charge in [0.15, 0.2) is 11.5 Å². The molecule has 0 saturated carbocycles. The van der Waals surface area contributed by atoms with E-state index in [0.717, 1.165) is 0 Å². The summed E-state index contributed by atoms with van der Waals surface area (Å²) in [4.78, 5) is 3.28. The van der Waals surface area contributed by atoms with Gasteiger partial charge in [-0.1, -0.05) is 0 Å². The fourth-order valence-electron chi connectivity index (χ4n) is 1.05. The van der Waals surface area contributed by atoms with E-state index in [1.165, 1.54) is 0 Å². The maximum Gasteiger partial charge on any atom is 0.573 e. The van der Waals surface area contributed by atoms with Gasteiger partial charge < -0.3 is 9.84 Å². The summed E-state index contributed by atoms with van der Waals surface area (Å²) in [5.74, 6) is -2.77. The van der Waals surface area contributed by atoms with Crippen LogP contribution in [0.3, 0.4) is 0 Å². The highest BCUT2D eigenvalue weighted by atomic mass is 35.5. The van der Waals surface area contributed by atoms with Crippen LogP contribution in [0.4, 0.5) is 22.0 Å². The van der Waals surface area contributed by atoms with Crippen molar-refractivity contribution in [3.63, 3.8) is 0 Å². The number of ether oxygens (including phenoxy) is 1. The predicted octanol–water partition coefficient (Wildman–Crippen LogP) is 3.36. The van der Waals surface area contributed by atoms with E-state index in [9.17, 15) is 27.1 Å². The lowest BCUT2D eigenvalue weighted by Gasteiger charge is -2.14. The number of pyridine rings is 1. The Kier molecular flexibility index (Phi) is 3.97. The average Bonchev–Trinajstić information content (AvgIpc) is 2.14. The zero-order valence-corrected chi connectivity index (χ0v) is 8.69. The highest BCUT2D eigenvalue weighted by Crippen LogP contribution is 2.39. The summed E-state index contributed by atoms with van der Waals surface area (Å²) < 4.78 is 64.0. The molecule has 9 heteroatoms. The van der Waals surface area contributed by atoms with Crippen molar-refractivity contribution in [3.8, 4) is 11.5 Å². The first kappa shape index (κ1) is 13.8. The Morgan fingerprint density at radius 1 is 1.41 bits per heavy atom. The first-order valence-corrected chi connectivity index (χ1v) is 4.60. The number of hydrogen-bond acceptors (Lipinski definition) is 3. The van der Waals surface area contributed by atoms with Crippen LogP contribution in [-0.2, 0) is 5.88 Å². The van der Waals surface area contributed by atoms with Gasteiger partial charge in [-0.3, -0.25) is 4.98 Å². The molecule has 0 atom stereocenters. The normalized spacial score (nSPS) is 11.9. The second kappa shape index (κ2) is 4.91. The zero-order chi connectivity index (χ0) is 13.2. The molecule has 0 bridgehead atoms. The van der Waals surface area contributed by atoms with Crippen LogP contribution in [0, 0.1) is 0 Å². The number of nitrogens with zero attached hydrogens (tertiary/aromatic N) is 1. The molecule has 0 aromatic carbocycles. The first-order valence-electron chi connectivity index (χ1n) is 4.07. The van der Waals surface area contributed by atoms with Crippen LogP contribution in [0.1, 0.15) is 17.7 Å². The maximum absolute atomic E-state index is 12.5. The van der Waals surface area contributed by atoms with E-state index in [2.05, 4.69) is 9.72 Å². The van der Waals surface area contributed by atoms with Gasteiger partial charge in [-0.25, -0.2) is 8.78 Å². The molecule has 17 heavy (non-hydrogen) atoms. The van der Waals surface area contributed by atoms with Gasteiger partial charge in [0.05, 0.1) is 17.8 Å². The molecule has 1 aromatic rings. The number of alkyl halides is 6. The van der Waals surface area contributed by atoms with E-state index in [1.54, 1.807) is 0 Å². The van der Waals surface area contributed by atoms with Crippen molar-refractivity contribution >= 4 is 11.6 Å². The van der Waals surface area contributed by atoms with Gasteiger partial charge in [0, 0.05) is 0 Å². The molecular weight excluding hydrogens is 273 g/mol. The minimum Gasteiger partial charge on any atom is -0.505 e. The Hall–Kier alpha value is -1.31. The van der Waals surface area contributed by atoms with Gasteiger partial charge >= 0.3 is 6.36 Å². The molecule has 1 N–H and O–H groups in total. The van der Waals surface area contributed by atoms with E-state index >= 15 is 0 Å². The molecule has 1 aromatic heterocycles. The Bertz CT molecular complexity index is 410. The number of rotatable bonds is 3. The minimum absolute atomic E-state index is 0.350. The van der Waals surface area contributed by atoms with E-state index < -0.39 is 35.7 Å². The summed E-state index contributed by atoms with van der Waals surface area (Å²) in [5.41, 5.74) is -1.63. The molecule has 0 fully saturated rings. The van der Waals surface area contributed by atoms with Gasteiger partial charge in [-0.2, -0.15) is 0 Å². The third kappa shape index (κ3) is 3.32. The van der Waals surface area contributed by atoms with Crippen molar-refractivity contribution in [3.05, 3.63) is 17.5 Å². The topological polar surface area (TPSA) is 42.4 Å². The minimum atomic E-state index is -5.15. The highest BCUT2D eigenvalue weighted by Gasteiger charge is 2.35. The Balaban J connectivity index is 3.27. The lowest BCUT2D eigenvalue weighted by atomic mass is 10.2. The summed E-state index contributed by atoms with van der Waals surface area (Å²) in [6, 6.07) is 0. The Morgan fingerprint density at radius 3 is 2.41 bits per heavy atom. The third-order valence-electron chi connectivity index (χ3n) is 1.70.